The van der Waals surface area contributed by atoms with Gasteiger partial charge in [0.25, 0.3) is 0 Å². The maximum Gasteiger partial charge on any atom is 0.166 e. The lowest BCUT2D eigenvalue weighted by Gasteiger charge is -2.09. The summed E-state index contributed by atoms with van der Waals surface area (Å²) in [6.45, 7) is 5.16. The van der Waals surface area contributed by atoms with Gasteiger partial charge in [-0.2, -0.15) is 0 Å². The van der Waals surface area contributed by atoms with Gasteiger partial charge in [0, 0.05) is 45.1 Å². The van der Waals surface area contributed by atoms with Crippen LogP contribution in [0.15, 0.2) is 12.4 Å². The number of thiocarbonyl (C=S) groups is 1. The average Bonchev–Trinajstić information content (AvgIpc) is 2.82. The Morgan fingerprint density at radius 1 is 1.47 bits per heavy atom. The van der Waals surface area contributed by atoms with Crippen molar-refractivity contribution >= 4 is 17.3 Å². The van der Waals surface area contributed by atoms with Crippen LogP contribution in [-0.4, -0.2) is 41.4 Å². The van der Waals surface area contributed by atoms with Crippen molar-refractivity contribution in [3.8, 4) is 0 Å². The number of imidazole rings is 1. The number of aromatic amines is 1. The fourth-order valence-corrected chi connectivity index (χ4v) is 1.52. The van der Waals surface area contributed by atoms with Crippen LogP contribution in [0.4, 0.5) is 0 Å². The summed E-state index contributed by atoms with van der Waals surface area (Å²) in [5.74, 6) is 0.969. The maximum absolute atomic E-state index is 5.23. The molecule has 3 N–H and O–H groups in total. The first-order valence-corrected chi connectivity index (χ1v) is 6.31. The highest BCUT2D eigenvalue weighted by Crippen LogP contribution is 1.88. The topological polar surface area (TPSA) is 62.0 Å². The molecule has 0 aliphatic heterocycles. The van der Waals surface area contributed by atoms with Crippen LogP contribution < -0.4 is 10.6 Å². The Hall–Kier alpha value is -1.14. The predicted molar refractivity (Wildman–Crippen MR) is 72.0 cm³/mol. The third-order valence-corrected chi connectivity index (χ3v) is 2.45. The molecule has 0 saturated heterocycles. The highest BCUT2D eigenvalue weighted by molar-refractivity contribution is 7.80. The largest absolute Gasteiger partial charge is 0.382 e. The molecule has 1 heterocycles. The fraction of sp³-hybridized carbons (Fsp3) is 0.636. The minimum Gasteiger partial charge on any atom is -0.382 e. The lowest BCUT2D eigenvalue weighted by atomic mass is 10.4. The van der Waals surface area contributed by atoms with Crippen LogP contribution in [0.5, 0.6) is 0 Å². The molecule has 0 amide bonds. The van der Waals surface area contributed by atoms with Gasteiger partial charge >= 0.3 is 0 Å². The summed E-state index contributed by atoms with van der Waals surface area (Å²) in [4.78, 5) is 7.18. The van der Waals surface area contributed by atoms with E-state index in [0.717, 1.165) is 45.0 Å². The molecule has 5 nitrogen and oxygen atoms in total. The molecule has 96 valence electrons. The summed E-state index contributed by atoms with van der Waals surface area (Å²) < 4.78 is 5.23. The van der Waals surface area contributed by atoms with E-state index in [0.29, 0.717) is 5.11 Å². The zero-order chi connectivity index (χ0) is 12.3. The van der Waals surface area contributed by atoms with Crippen LogP contribution in [0.1, 0.15) is 19.2 Å². The number of hydrogen-bond donors (Lipinski definition) is 3. The molecule has 17 heavy (non-hydrogen) atoms. The van der Waals surface area contributed by atoms with Gasteiger partial charge in [-0.1, -0.05) is 0 Å². The highest BCUT2D eigenvalue weighted by atomic mass is 32.1. The van der Waals surface area contributed by atoms with Crippen LogP contribution in [0.2, 0.25) is 0 Å². The SMILES string of the molecule is CCOCCCNC(=S)NCCc1ncc[nH]1. The molecule has 0 fully saturated rings. The molecule has 1 aromatic heterocycles. The van der Waals surface area contributed by atoms with Crippen LogP contribution in [0, 0.1) is 0 Å². The number of aromatic nitrogens is 2. The molecular weight excluding hydrogens is 236 g/mol. The van der Waals surface area contributed by atoms with E-state index in [1.807, 2.05) is 13.1 Å². The van der Waals surface area contributed by atoms with Gasteiger partial charge in [-0.05, 0) is 25.6 Å². The van der Waals surface area contributed by atoms with Crippen molar-refractivity contribution < 1.29 is 4.74 Å². The first-order valence-electron chi connectivity index (χ1n) is 5.90. The highest BCUT2D eigenvalue weighted by Gasteiger charge is 1.97. The number of rotatable bonds is 8. The molecule has 1 aromatic rings. The quantitative estimate of drug-likeness (QED) is 0.475. The summed E-state index contributed by atoms with van der Waals surface area (Å²) in [7, 11) is 0. The van der Waals surface area contributed by atoms with Gasteiger partial charge in [0.05, 0.1) is 0 Å². The number of nitrogens with zero attached hydrogens (tertiary/aromatic N) is 1. The van der Waals surface area contributed by atoms with E-state index in [1.54, 1.807) is 6.20 Å². The molecule has 0 aliphatic carbocycles. The Labute approximate surface area is 107 Å². The molecule has 0 aliphatic rings. The molecule has 0 aromatic carbocycles. The van der Waals surface area contributed by atoms with Crippen LogP contribution >= 0.6 is 12.2 Å². The molecule has 0 spiro atoms. The zero-order valence-electron chi connectivity index (χ0n) is 10.2. The molecule has 0 bridgehead atoms. The van der Waals surface area contributed by atoms with Crippen molar-refractivity contribution in [1.29, 1.82) is 0 Å². The van der Waals surface area contributed by atoms with Gasteiger partial charge in [0.15, 0.2) is 5.11 Å². The summed E-state index contributed by atoms with van der Waals surface area (Å²) in [5.41, 5.74) is 0. The van der Waals surface area contributed by atoms with Crippen LogP contribution in [-0.2, 0) is 11.2 Å². The third kappa shape index (κ3) is 6.91. The fourth-order valence-electron chi connectivity index (χ4n) is 1.31. The second-order valence-corrected chi connectivity index (χ2v) is 3.93. The molecule has 1 rings (SSSR count). The standard InChI is InChI=1S/C11H20N4OS/c1-2-16-9-3-5-14-11(17)15-6-4-10-12-7-8-13-10/h7-8H,2-6,9H2,1H3,(H,12,13)(H2,14,15,17). The lowest BCUT2D eigenvalue weighted by Crippen LogP contribution is -2.37. The second-order valence-electron chi connectivity index (χ2n) is 3.52. The van der Waals surface area contributed by atoms with Crippen molar-refractivity contribution in [2.45, 2.75) is 19.8 Å². The Morgan fingerprint density at radius 2 is 2.29 bits per heavy atom. The third-order valence-electron chi connectivity index (χ3n) is 2.16. The summed E-state index contributed by atoms with van der Waals surface area (Å²) >= 11 is 5.13. The van der Waals surface area contributed by atoms with E-state index in [1.165, 1.54) is 0 Å². The first-order chi connectivity index (χ1) is 8.33. The minimum absolute atomic E-state index is 0.688. The van der Waals surface area contributed by atoms with E-state index < -0.39 is 0 Å². The van der Waals surface area contributed by atoms with Crippen molar-refractivity contribution in [3.63, 3.8) is 0 Å². The Bertz CT molecular complexity index is 302. The minimum atomic E-state index is 0.688. The van der Waals surface area contributed by atoms with Crippen molar-refractivity contribution in [1.82, 2.24) is 20.6 Å². The normalized spacial score (nSPS) is 10.2. The zero-order valence-corrected chi connectivity index (χ0v) is 11.0. The van der Waals surface area contributed by atoms with Crippen LogP contribution in [0.25, 0.3) is 0 Å². The van der Waals surface area contributed by atoms with E-state index >= 15 is 0 Å². The number of nitrogens with one attached hydrogen (secondary N) is 3. The Balaban J connectivity index is 1.94. The Morgan fingerprint density at radius 3 is 3.00 bits per heavy atom. The molecule has 0 saturated carbocycles. The number of ether oxygens (including phenoxy) is 1. The van der Waals surface area contributed by atoms with Gasteiger partial charge in [0.2, 0.25) is 0 Å². The molecule has 0 radical (unpaired) electrons. The van der Waals surface area contributed by atoms with E-state index in [4.69, 9.17) is 17.0 Å². The van der Waals surface area contributed by atoms with Gasteiger partial charge in [-0.25, -0.2) is 4.98 Å². The average molecular weight is 256 g/mol. The monoisotopic (exact) mass is 256 g/mol. The molecular formula is C11H20N4OS. The Kier molecular flexibility index (Phi) is 7.33. The number of H-pyrrole nitrogens is 1. The summed E-state index contributed by atoms with van der Waals surface area (Å²) in [6.07, 6.45) is 5.38. The van der Waals surface area contributed by atoms with E-state index in [2.05, 4.69) is 20.6 Å². The van der Waals surface area contributed by atoms with Crippen molar-refractivity contribution in [3.05, 3.63) is 18.2 Å². The first kappa shape index (κ1) is 13.9. The number of hydrogen-bond acceptors (Lipinski definition) is 3. The van der Waals surface area contributed by atoms with Gasteiger partial charge in [-0.3, -0.25) is 0 Å². The van der Waals surface area contributed by atoms with Crippen molar-refractivity contribution in [2.24, 2.45) is 0 Å². The van der Waals surface area contributed by atoms with Gasteiger partial charge < -0.3 is 20.4 Å². The van der Waals surface area contributed by atoms with Crippen LogP contribution in [0.3, 0.4) is 0 Å². The molecule has 0 atom stereocenters. The predicted octanol–water partition coefficient (Wildman–Crippen LogP) is 0.843. The van der Waals surface area contributed by atoms with E-state index in [9.17, 15) is 0 Å². The van der Waals surface area contributed by atoms with E-state index in [-0.39, 0.29) is 0 Å². The molecule has 0 unspecified atom stereocenters. The summed E-state index contributed by atoms with van der Waals surface area (Å²) in [5, 5.41) is 6.95. The van der Waals surface area contributed by atoms with Gasteiger partial charge in [-0.15, -0.1) is 0 Å². The maximum atomic E-state index is 5.23. The summed E-state index contributed by atoms with van der Waals surface area (Å²) in [6, 6.07) is 0. The second kappa shape index (κ2) is 8.95. The van der Waals surface area contributed by atoms with Crippen molar-refractivity contribution in [2.75, 3.05) is 26.3 Å². The van der Waals surface area contributed by atoms with Gasteiger partial charge in [0.1, 0.15) is 5.82 Å². The lowest BCUT2D eigenvalue weighted by molar-refractivity contribution is 0.145. The molecule has 6 heteroatoms. The smallest absolute Gasteiger partial charge is 0.166 e.